The Hall–Kier alpha value is -1.91. The summed E-state index contributed by atoms with van der Waals surface area (Å²) in [4.78, 5) is 6.55. The summed E-state index contributed by atoms with van der Waals surface area (Å²) in [6.07, 6.45) is 2.68. The normalized spacial score (nSPS) is 10.8. The number of pyridine rings is 1. The maximum absolute atomic E-state index is 9.25. The van der Waals surface area contributed by atoms with E-state index in [-0.39, 0.29) is 6.61 Å². The van der Waals surface area contributed by atoms with Gasteiger partial charge in [-0.25, -0.2) is 0 Å². The Morgan fingerprint density at radius 3 is 2.62 bits per heavy atom. The van der Waals surface area contributed by atoms with Crippen molar-refractivity contribution in [2.24, 2.45) is 0 Å². The van der Waals surface area contributed by atoms with Crippen molar-refractivity contribution >= 4 is 0 Å². The molecule has 1 N–H and O–H groups in total. The Balaban J connectivity index is 1.98. The predicted octanol–water partition coefficient (Wildman–Crippen LogP) is 2.13. The van der Waals surface area contributed by atoms with E-state index in [1.165, 1.54) is 0 Å². The molecule has 0 aliphatic carbocycles. The summed E-state index contributed by atoms with van der Waals surface area (Å²) in [5.41, 5.74) is 2.20. The predicted molar refractivity (Wildman–Crippen MR) is 83.3 cm³/mol. The summed E-state index contributed by atoms with van der Waals surface area (Å²) in [5.74, 6) is 0.887. The first kappa shape index (κ1) is 15.5. The molecule has 1 heterocycles. The second-order valence-corrected chi connectivity index (χ2v) is 4.88. The molecule has 0 unspecified atom stereocenters. The van der Waals surface area contributed by atoms with Crippen LogP contribution < -0.4 is 4.74 Å². The van der Waals surface area contributed by atoms with E-state index in [9.17, 15) is 5.11 Å². The van der Waals surface area contributed by atoms with Crippen molar-refractivity contribution in [2.75, 3.05) is 26.8 Å². The lowest BCUT2D eigenvalue weighted by molar-refractivity contribution is 0.190. The minimum Gasteiger partial charge on any atom is -0.496 e. The molecule has 0 radical (unpaired) electrons. The van der Waals surface area contributed by atoms with Crippen molar-refractivity contribution in [1.29, 1.82) is 0 Å². The third-order valence-electron chi connectivity index (χ3n) is 3.41. The molecule has 2 aromatic rings. The van der Waals surface area contributed by atoms with Gasteiger partial charge in [0.05, 0.1) is 13.7 Å². The number of aliphatic hydroxyl groups excluding tert-OH is 1. The molecular weight excluding hydrogens is 264 g/mol. The lowest BCUT2D eigenvalue weighted by Crippen LogP contribution is -2.29. The lowest BCUT2D eigenvalue weighted by Gasteiger charge is -2.22. The van der Waals surface area contributed by atoms with Gasteiger partial charge in [0.25, 0.3) is 0 Å². The van der Waals surface area contributed by atoms with Gasteiger partial charge in [-0.15, -0.1) is 0 Å². The molecule has 0 aliphatic heterocycles. The van der Waals surface area contributed by atoms with E-state index >= 15 is 0 Å². The third kappa shape index (κ3) is 4.85. The second kappa shape index (κ2) is 8.39. The molecule has 2 rings (SSSR count). The van der Waals surface area contributed by atoms with Gasteiger partial charge >= 0.3 is 0 Å². The SMILES string of the molecule is COc1ccccc1CN(CCO)CCc1ccccn1. The topological polar surface area (TPSA) is 45.6 Å². The maximum Gasteiger partial charge on any atom is 0.123 e. The molecule has 21 heavy (non-hydrogen) atoms. The van der Waals surface area contributed by atoms with Crippen LogP contribution >= 0.6 is 0 Å². The van der Waals surface area contributed by atoms with Gasteiger partial charge in [-0.3, -0.25) is 9.88 Å². The Morgan fingerprint density at radius 1 is 1.10 bits per heavy atom. The number of hydrogen-bond donors (Lipinski definition) is 1. The number of rotatable bonds is 8. The van der Waals surface area contributed by atoms with E-state index < -0.39 is 0 Å². The zero-order valence-electron chi connectivity index (χ0n) is 12.4. The van der Waals surface area contributed by atoms with Crippen molar-refractivity contribution in [2.45, 2.75) is 13.0 Å². The van der Waals surface area contributed by atoms with Gasteiger partial charge in [0.2, 0.25) is 0 Å². The van der Waals surface area contributed by atoms with Gasteiger partial charge in [0.1, 0.15) is 5.75 Å². The second-order valence-electron chi connectivity index (χ2n) is 4.88. The number of para-hydroxylation sites is 1. The fraction of sp³-hybridized carbons (Fsp3) is 0.353. The first-order chi connectivity index (χ1) is 10.3. The molecule has 4 nitrogen and oxygen atoms in total. The van der Waals surface area contributed by atoms with Gasteiger partial charge < -0.3 is 9.84 Å². The molecule has 112 valence electrons. The van der Waals surface area contributed by atoms with Gasteiger partial charge in [0, 0.05) is 43.5 Å². The van der Waals surface area contributed by atoms with Gasteiger partial charge in [0.15, 0.2) is 0 Å². The summed E-state index contributed by atoms with van der Waals surface area (Å²) >= 11 is 0. The first-order valence-corrected chi connectivity index (χ1v) is 7.18. The molecule has 4 heteroatoms. The fourth-order valence-electron chi connectivity index (χ4n) is 2.30. The van der Waals surface area contributed by atoms with Crippen LogP contribution in [-0.4, -0.2) is 41.8 Å². The average molecular weight is 286 g/mol. The van der Waals surface area contributed by atoms with Crippen molar-refractivity contribution < 1.29 is 9.84 Å². The highest BCUT2D eigenvalue weighted by Gasteiger charge is 2.09. The molecule has 1 aromatic carbocycles. The number of aliphatic hydroxyl groups is 1. The Labute approximate surface area is 126 Å². The highest BCUT2D eigenvalue weighted by molar-refractivity contribution is 5.33. The zero-order chi connectivity index (χ0) is 14.9. The Morgan fingerprint density at radius 2 is 1.90 bits per heavy atom. The van der Waals surface area contributed by atoms with Crippen LogP contribution in [0.5, 0.6) is 5.75 Å². The molecule has 0 saturated carbocycles. The van der Waals surface area contributed by atoms with Crippen LogP contribution in [0, 0.1) is 0 Å². The minimum absolute atomic E-state index is 0.150. The van der Waals surface area contributed by atoms with Crippen LogP contribution in [0.25, 0.3) is 0 Å². The number of methoxy groups -OCH3 is 1. The molecule has 0 fully saturated rings. The van der Waals surface area contributed by atoms with Crippen LogP contribution in [0.15, 0.2) is 48.7 Å². The molecule has 0 spiro atoms. The molecule has 0 bridgehead atoms. The van der Waals surface area contributed by atoms with Crippen LogP contribution in [0.2, 0.25) is 0 Å². The monoisotopic (exact) mass is 286 g/mol. The number of nitrogens with zero attached hydrogens (tertiary/aromatic N) is 2. The van der Waals surface area contributed by atoms with E-state index in [0.29, 0.717) is 6.54 Å². The average Bonchev–Trinajstić information content (AvgIpc) is 2.54. The molecule has 0 amide bonds. The Bertz CT molecular complexity index is 531. The molecule has 1 aromatic heterocycles. The smallest absolute Gasteiger partial charge is 0.123 e. The van der Waals surface area contributed by atoms with Crippen molar-refractivity contribution in [3.8, 4) is 5.75 Å². The lowest BCUT2D eigenvalue weighted by atomic mass is 10.1. The number of ether oxygens (including phenoxy) is 1. The van der Waals surface area contributed by atoms with E-state index in [1.54, 1.807) is 7.11 Å². The van der Waals surface area contributed by atoms with Crippen LogP contribution in [0.3, 0.4) is 0 Å². The molecular formula is C17H22N2O2. The standard InChI is InChI=1S/C17H22N2O2/c1-21-17-8-3-2-6-15(17)14-19(12-13-20)11-9-16-7-4-5-10-18-16/h2-8,10,20H,9,11-14H2,1H3. The highest BCUT2D eigenvalue weighted by atomic mass is 16.5. The van der Waals surface area contributed by atoms with E-state index in [2.05, 4.69) is 16.0 Å². The number of aromatic nitrogens is 1. The van der Waals surface area contributed by atoms with E-state index in [0.717, 1.165) is 36.5 Å². The highest BCUT2D eigenvalue weighted by Crippen LogP contribution is 2.19. The van der Waals surface area contributed by atoms with Crippen molar-refractivity contribution in [3.05, 3.63) is 59.9 Å². The van der Waals surface area contributed by atoms with Crippen molar-refractivity contribution in [3.63, 3.8) is 0 Å². The minimum atomic E-state index is 0.150. The van der Waals surface area contributed by atoms with Crippen LogP contribution in [0.4, 0.5) is 0 Å². The first-order valence-electron chi connectivity index (χ1n) is 7.18. The summed E-state index contributed by atoms with van der Waals surface area (Å²) in [6.45, 7) is 2.41. The number of hydrogen-bond acceptors (Lipinski definition) is 4. The summed E-state index contributed by atoms with van der Waals surface area (Å²) in [5, 5.41) is 9.25. The molecule has 0 atom stereocenters. The van der Waals surface area contributed by atoms with Crippen molar-refractivity contribution in [1.82, 2.24) is 9.88 Å². The van der Waals surface area contributed by atoms with Crippen LogP contribution in [-0.2, 0) is 13.0 Å². The fourth-order valence-corrected chi connectivity index (χ4v) is 2.30. The maximum atomic E-state index is 9.25. The Kier molecular flexibility index (Phi) is 6.19. The summed E-state index contributed by atoms with van der Waals surface area (Å²) < 4.78 is 5.39. The molecule has 0 saturated heterocycles. The zero-order valence-corrected chi connectivity index (χ0v) is 12.4. The van der Waals surface area contributed by atoms with E-state index in [1.807, 2.05) is 42.6 Å². The summed E-state index contributed by atoms with van der Waals surface area (Å²) in [6, 6.07) is 13.9. The largest absolute Gasteiger partial charge is 0.496 e. The van der Waals surface area contributed by atoms with Gasteiger partial charge in [-0.2, -0.15) is 0 Å². The summed E-state index contributed by atoms with van der Waals surface area (Å²) in [7, 11) is 1.68. The molecule has 0 aliphatic rings. The van der Waals surface area contributed by atoms with E-state index in [4.69, 9.17) is 4.74 Å². The quantitative estimate of drug-likeness (QED) is 0.807. The van der Waals surface area contributed by atoms with Gasteiger partial charge in [-0.05, 0) is 18.2 Å². The third-order valence-corrected chi connectivity index (χ3v) is 3.41. The number of benzene rings is 1. The van der Waals surface area contributed by atoms with Gasteiger partial charge in [-0.1, -0.05) is 24.3 Å². The van der Waals surface area contributed by atoms with Crippen LogP contribution in [0.1, 0.15) is 11.3 Å².